The summed E-state index contributed by atoms with van der Waals surface area (Å²) in [7, 11) is 2.01. The third-order valence-electron chi connectivity index (χ3n) is 3.65. The summed E-state index contributed by atoms with van der Waals surface area (Å²) in [5.41, 5.74) is 0.0408. The van der Waals surface area contributed by atoms with Gasteiger partial charge < -0.3 is 5.32 Å². The first-order valence-corrected chi connectivity index (χ1v) is 7.10. The number of aryl methyl sites for hydroxylation is 2. The van der Waals surface area contributed by atoms with Crippen molar-refractivity contribution in [2.24, 2.45) is 7.05 Å². The van der Waals surface area contributed by atoms with E-state index in [9.17, 15) is 0 Å². The van der Waals surface area contributed by atoms with Crippen molar-refractivity contribution >= 4 is 0 Å². The highest BCUT2D eigenvalue weighted by Crippen LogP contribution is 2.19. The molecule has 1 aromatic heterocycles. The van der Waals surface area contributed by atoms with Crippen LogP contribution in [0.2, 0.25) is 0 Å². The number of hydrogen-bond acceptors (Lipinski definition) is 3. The van der Waals surface area contributed by atoms with Crippen molar-refractivity contribution < 1.29 is 0 Å². The maximum Gasteiger partial charge on any atom is 0.156 e. The Morgan fingerprint density at radius 2 is 2.11 bits per heavy atom. The first kappa shape index (κ1) is 13.5. The van der Waals surface area contributed by atoms with Crippen LogP contribution in [0.1, 0.15) is 58.1 Å². The molecule has 4 heteroatoms. The lowest BCUT2D eigenvalue weighted by Crippen LogP contribution is -2.34. The zero-order valence-corrected chi connectivity index (χ0v) is 12.2. The molecule has 1 fully saturated rings. The van der Waals surface area contributed by atoms with Crippen LogP contribution in [0.4, 0.5) is 0 Å². The average Bonchev–Trinajstić information content (AvgIpc) is 2.69. The zero-order valence-electron chi connectivity index (χ0n) is 12.2. The minimum absolute atomic E-state index is 0.0408. The molecular formula is C14H26N4. The van der Waals surface area contributed by atoms with Crippen molar-refractivity contribution in [2.75, 3.05) is 6.54 Å². The van der Waals surface area contributed by atoms with Gasteiger partial charge in [0.2, 0.25) is 0 Å². The number of rotatable bonds is 3. The summed E-state index contributed by atoms with van der Waals surface area (Å²) in [6, 6.07) is 0.675. The SMILES string of the molecule is Cn1nc(C(C)(C)C)nc1CCC1CCCCN1. The summed E-state index contributed by atoms with van der Waals surface area (Å²) < 4.78 is 1.95. The number of nitrogens with zero attached hydrogens (tertiary/aromatic N) is 3. The standard InChI is InChI=1S/C14H26N4/c1-14(2,3)13-16-12(18(4)17-13)9-8-11-7-5-6-10-15-11/h11,15H,5-10H2,1-4H3. The zero-order chi connectivity index (χ0) is 13.2. The fraction of sp³-hybridized carbons (Fsp3) is 0.857. The second kappa shape index (κ2) is 5.39. The Balaban J connectivity index is 1.94. The summed E-state index contributed by atoms with van der Waals surface area (Å²) in [6.07, 6.45) is 6.20. The van der Waals surface area contributed by atoms with Crippen molar-refractivity contribution in [1.82, 2.24) is 20.1 Å². The van der Waals surface area contributed by atoms with E-state index in [0.29, 0.717) is 6.04 Å². The van der Waals surface area contributed by atoms with Gasteiger partial charge in [0.15, 0.2) is 5.82 Å². The predicted octanol–water partition coefficient (Wildman–Crippen LogP) is 2.19. The molecule has 0 spiro atoms. The molecule has 102 valence electrons. The molecule has 0 bridgehead atoms. The molecule has 0 aliphatic carbocycles. The second-order valence-corrected chi connectivity index (χ2v) is 6.41. The minimum Gasteiger partial charge on any atom is -0.314 e. The largest absolute Gasteiger partial charge is 0.314 e. The van der Waals surface area contributed by atoms with Gasteiger partial charge in [0.25, 0.3) is 0 Å². The summed E-state index contributed by atoms with van der Waals surface area (Å²) in [5.74, 6) is 2.07. The Morgan fingerprint density at radius 3 is 2.67 bits per heavy atom. The maximum absolute atomic E-state index is 4.69. The molecule has 1 saturated heterocycles. The van der Waals surface area contributed by atoms with E-state index in [-0.39, 0.29) is 5.41 Å². The van der Waals surface area contributed by atoms with Gasteiger partial charge in [-0.05, 0) is 25.8 Å². The Hall–Kier alpha value is -0.900. The summed E-state index contributed by atoms with van der Waals surface area (Å²) in [5, 5.41) is 8.12. The second-order valence-electron chi connectivity index (χ2n) is 6.41. The van der Waals surface area contributed by atoms with Gasteiger partial charge in [0, 0.05) is 24.9 Å². The maximum atomic E-state index is 4.69. The molecule has 2 rings (SSSR count). The summed E-state index contributed by atoms with van der Waals surface area (Å²) in [4.78, 5) is 4.69. The predicted molar refractivity (Wildman–Crippen MR) is 73.7 cm³/mol. The molecule has 0 radical (unpaired) electrons. The first-order valence-electron chi connectivity index (χ1n) is 7.10. The lowest BCUT2D eigenvalue weighted by atomic mass is 9.96. The van der Waals surface area contributed by atoms with Gasteiger partial charge in [-0.2, -0.15) is 5.10 Å². The van der Waals surface area contributed by atoms with E-state index in [1.54, 1.807) is 0 Å². The van der Waals surface area contributed by atoms with Gasteiger partial charge in [-0.25, -0.2) is 4.98 Å². The summed E-state index contributed by atoms with van der Waals surface area (Å²) >= 11 is 0. The molecule has 0 saturated carbocycles. The van der Waals surface area contributed by atoms with E-state index in [1.165, 1.54) is 32.2 Å². The van der Waals surface area contributed by atoms with E-state index in [2.05, 4.69) is 36.2 Å². The topological polar surface area (TPSA) is 42.7 Å². The number of aromatic nitrogens is 3. The van der Waals surface area contributed by atoms with Gasteiger partial charge in [0.05, 0.1) is 0 Å². The van der Waals surface area contributed by atoms with Crippen molar-refractivity contribution in [1.29, 1.82) is 0 Å². The lowest BCUT2D eigenvalue weighted by Gasteiger charge is -2.22. The van der Waals surface area contributed by atoms with Gasteiger partial charge in [-0.15, -0.1) is 0 Å². The van der Waals surface area contributed by atoms with Crippen molar-refractivity contribution in [3.8, 4) is 0 Å². The highest BCUT2D eigenvalue weighted by molar-refractivity contribution is 5.03. The molecule has 1 aliphatic rings. The third-order valence-corrected chi connectivity index (χ3v) is 3.65. The number of hydrogen-bond donors (Lipinski definition) is 1. The van der Waals surface area contributed by atoms with E-state index >= 15 is 0 Å². The molecule has 1 aromatic rings. The van der Waals surface area contributed by atoms with Crippen molar-refractivity contribution in [2.45, 2.75) is 64.3 Å². The van der Waals surface area contributed by atoms with Crippen LogP contribution in [-0.2, 0) is 18.9 Å². The average molecular weight is 250 g/mol. The quantitative estimate of drug-likeness (QED) is 0.894. The molecular weight excluding hydrogens is 224 g/mol. The van der Waals surface area contributed by atoms with E-state index in [4.69, 9.17) is 0 Å². The Kier molecular flexibility index (Phi) is 4.05. The van der Waals surface area contributed by atoms with Crippen LogP contribution in [0.3, 0.4) is 0 Å². The molecule has 1 N–H and O–H groups in total. The highest BCUT2D eigenvalue weighted by atomic mass is 15.3. The molecule has 0 aromatic carbocycles. The van der Waals surface area contributed by atoms with Crippen LogP contribution in [0.15, 0.2) is 0 Å². The monoisotopic (exact) mass is 250 g/mol. The van der Waals surface area contributed by atoms with Crippen LogP contribution in [0, 0.1) is 0 Å². The van der Waals surface area contributed by atoms with Crippen molar-refractivity contribution in [3.05, 3.63) is 11.6 Å². The Morgan fingerprint density at radius 1 is 1.33 bits per heavy atom. The van der Waals surface area contributed by atoms with E-state index < -0.39 is 0 Å². The Bertz CT molecular complexity index is 383. The number of nitrogens with one attached hydrogen (secondary N) is 1. The highest BCUT2D eigenvalue weighted by Gasteiger charge is 2.21. The molecule has 0 amide bonds. The smallest absolute Gasteiger partial charge is 0.156 e. The minimum atomic E-state index is 0.0408. The molecule has 1 unspecified atom stereocenters. The van der Waals surface area contributed by atoms with Crippen molar-refractivity contribution in [3.63, 3.8) is 0 Å². The van der Waals surface area contributed by atoms with E-state index in [1.807, 2.05) is 11.7 Å². The van der Waals surface area contributed by atoms with Crippen LogP contribution < -0.4 is 5.32 Å². The van der Waals surface area contributed by atoms with E-state index in [0.717, 1.165) is 18.1 Å². The van der Waals surface area contributed by atoms with Gasteiger partial charge in [-0.1, -0.05) is 27.2 Å². The van der Waals surface area contributed by atoms with Crippen LogP contribution in [0.5, 0.6) is 0 Å². The molecule has 1 aliphatic heterocycles. The Labute approximate surface area is 110 Å². The molecule has 4 nitrogen and oxygen atoms in total. The van der Waals surface area contributed by atoms with Gasteiger partial charge >= 0.3 is 0 Å². The van der Waals surface area contributed by atoms with Crippen LogP contribution >= 0.6 is 0 Å². The molecule has 18 heavy (non-hydrogen) atoms. The van der Waals surface area contributed by atoms with Crippen LogP contribution in [0.25, 0.3) is 0 Å². The van der Waals surface area contributed by atoms with Gasteiger partial charge in [0.1, 0.15) is 5.82 Å². The molecule has 2 heterocycles. The fourth-order valence-electron chi connectivity index (χ4n) is 2.43. The first-order chi connectivity index (χ1) is 8.47. The molecule has 1 atom stereocenters. The van der Waals surface area contributed by atoms with Crippen LogP contribution in [-0.4, -0.2) is 27.4 Å². The lowest BCUT2D eigenvalue weighted by molar-refractivity contribution is 0.379. The van der Waals surface area contributed by atoms with Gasteiger partial charge in [-0.3, -0.25) is 4.68 Å². The fourth-order valence-corrected chi connectivity index (χ4v) is 2.43. The number of piperidine rings is 1. The summed E-state index contributed by atoms with van der Waals surface area (Å²) in [6.45, 7) is 7.66. The normalized spacial score (nSPS) is 21.2. The third kappa shape index (κ3) is 3.31.